The molecule has 0 fully saturated rings. The highest BCUT2D eigenvalue weighted by Crippen LogP contribution is 2.38. The first kappa shape index (κ1) is 29.8. The number of ether oxygens (including phenoxy) is 2. The molecule has 3 aromatic carbocycles. The second-order valence-electron chi connectivity index (χ2n) is 10.6. The smallest absolute Gasteiger partial charge is 0.239 e. The summed E-state index contributed by atoms with van der Waals surface area (Å²) in [7, 11) is -2.21. The Labute approximate surface area is 241 Å². The molecule has 40 heavy (non-hydrogen) atoms. The van der Waals surface area contributed by atoms with Crippen LogP contribution in [0.15, 0.2) is 70.5 Å². The summed E-state index contributed by atoms with van der Waals surface area (Å²) in [5, 5.41) is 19.0. The van der Waals surface area contributed by atoms with E-state index in [1.54, 1.807) is 14.2 Å². The summed E-state index contributed by atoms with van der Waals surface area (Å²) in [5.41, 5.74) is 3.06. The average molecular weight is 598 g/mol. The highest BCUT2D eigenvalue weighted by molar-refractivity contribution is 8.00. The zero-order valence-electron chi connectivity index (χ0n) is 23.4. The van der Waals surface area contributed by atoms with Gasteiger partial charge in [-0.1, -0.05) is 50.0 Å². The predicted molar refractivity (Wildman–Crippen MR) is 161 cm³/mol. The fourth-order valence-electron chi connectivity index (χ4n) is 4.13. The quantitative estimate of drug-likeness (QED) is 0.177. The van der Waals surface area contributed by atoms with Gasteiger partial charge in [0.05, 0.1) is 20.8 Å². The molecule has 0 saturated carbocycles. The Morgan fingerprint density at radius 3 is 2.05 bits per heavy atom. The number of hydrogen-bond acceptors (Lipinski definition) is 8. The number of rotatable bonds is 12. The molecule has 0 atom stereocenters. The highest BCUT2D eigenvalue weighted by atomic mass is 32.2. The minimum Gasteiger partial charge on any atom is -0.497 e. The van der Waals surface area contributed by atoms with Gasteiger partial charge in [0.25, 0.3) is 0 Å². The molecule has 0 aliphatic heterocycles. The highest BCUT2D eigenvalue weighted by Gasteiger charge is 2.27. The molecule has 0 aliphatic carbocycles. The van der Waals surface area contributed by atoms with E-state index < -0.39 is 18.1 Å². The van der Waals surface area contributed by atoms with Gasteiger partial charge in [-0.3, -0.25) is 0 Å². The lowest BCUT2D eigenvalue weighted by atomic mass is 9.99. The SMILES string of the molecule is COc1ccc(Cc2ccc(SCC[Si](C)(C)C)c(S(N)(=O)=O)c2-c2nnn(Cc3ccc(OC)cc3)n2)cc1. The fourth-order valence-corrected chi connectivity index (χ4v) is 8.98. The molecule has 0 bridgehead atoms. The number of benzene rings is 3. The number of tetrazole rings is 1. The summed E-state index contributed by atoms with van der Waals surface area (Å²) < 4.78 is 36.7. The Kier molecular flexibility index (Phi) is 9.34. The lowest BCUT2D eigenvalue weighted by Gasteiger charge is -2.18. The van der Waals surface area contributed by atoms with Crippen LogP contribution in [0.4, 0.5) is 0 Å². The number of nitrogens with two attached hydrogens (primary N) is 1. The second kappa shape index (κ2) is 12.5. The zero-order chi connectivity index (χ0) is 28.9. The Balaban J connectivity index is 1.78. The molecule has 1 heterocycles. The van der Waals surface area contributed by atoms with Crippen LogP contribution in [0.1, 0.15) is 16.7 Å². The van der Waals surface area contributed by atoms with Crippen LogP contribution in [0, 0.1) is 0 Å². The van der Waals surface area contributed by atoms with Gasteiger partial charge in [-0.2, -0.15) is 4.80 Å². The Bertz CT molecular complexity index is 1550. The molecule has 0 radical (unpaired) electrons. The van der Waals surface area contributed by atoms with Crippen molar-refractivity contribution in [3.05, 3.63) is 77.4 Å². The van der Waals surface area contributed by atoms with Crippen LogP contribution in [0.3, 0.4) is 0 Å². The van der Waals surface area contributed by atoms with Gasteiger partial charge in [0, 0.05) is 18.5 Å². The van der Waals surface area contributed by atoms with Crippen molar-refractivity contribution in [2.75, 3.05) is 20.0 Å². The first-order valence-electron chi connectivity index (χ1n) is 12.8. The molecule has 9 nitrogen and oxygen atoms in total. The summed E-state index contributed by atoms with van der Waals surface area (Å²) in [6, 6.07) is 20.0. The third-order valence-electron chi connectivity index (χ3n) is 6.32. The van der Waals surface area contributed by atoms with E-state index in [0.29, 0.717) is 23.4 Å². The van der Waals surface area contributed by atoms with E-state index in [9.17, 15) is 8.42 Å². The molecule has 0 saturated heterocycles. The standard InChI is InChI=1S/C28H35N5O4S2Si/c1-36-23-11-6-20(7-12-23)18-22-10-15-25(38-16-17-40(3,4)5)27(39(29,34)35)26(22)28-30-32-33(31-28)19-21-8-13-24(37-2)14-9-21/h6-15H,16-19H2,1-5H3,(H2,29,34,35). The van der Waals surface area contributed by atoms with Crippen molar-refractivity contribution >= 4 is 29.9 Å². The summed E-state index contributed by atoms with van der Waals surface area (Å²) in [5.74, 6) is 2.51. The molecule has 12 heteroatoms. The van der Waals surface area contributed by atoms with E-state index in [1.807, 2.05) is 60.7 Å². The van der Waals surface area contributed by atoms with E-state index >= 15 is 0 Å². The van der Waals surface area contributed by atoms with E-state index in [1.165, 1.54) is 16.6 Å². The normalized spacial score (nSPS) is 11.9. The third-order valence-corrected chi connectivity index (χ3v) is 10.6. The fraction of sp³-hybridized carbons (Fsp3) is 0.321. The van der Waals surface area contributed by atoms with E-state index in [2.05, 4.69) is 35.1 Å². The van der Waals surface area contributed by atoms with Gasteiger partial charge in [0.1, 0.15) is 16.4 Å². The molecule has 0 spiro atoms. The van der Waals surface area contributed by atoms with Crippen LogP contribution in [0.25, 0.3) is 11.4 Å². The molecular formula is C28H35N5O4S2Si. The van der Waals surface area contributed by atoms with Gasteiger partial charge in [-0.25, -0.2) is 13.6 Å². The van der Waals surface area contributed by atoms with Crippen LogP contribution in [0.2, 0.25) is 25.7 Å². The average Bonchev–Trinajstić information content (AvgIpc) is 3.36. The second-order valence-corrected chi connectivity index (χ2v) is 18.9. The van der Waals surface area contributed by atoms with Crippen molar-refractivity contribution in [1.82, 2.24) is 20.2 Å². The minimum absolute atomic E-state index is 0.0445. The number of hydrogen-bond donors (Lipinski definition) is 1. The van der Waals surface area contributed by atoms with Crippen molar-refractivity contribution in [2.24, 2.45) is 5.14 Å². The van der Waals surface area contributed by atoms with Gasteiger partial charge in [0.2, 0.25) is 15.8 Å². The molecule has 212 valence electrons. The van der Waals surface area contributed by atoms with Gasteiger partial charge < -0.3 is 9.47 Å². The molecule has 0 aliphatic rings. The summed E-state index contributed by atoms with van der Waals surface area (Å²) >= 11 is 1.51. The van der Waals surface area contributed by atoms with Crippen molar-refractivity contribution in [2.45, 2.75) is 48.4 Å². The van der Waals surface area contributed by atoms with Crippen LogP contribution in [-0.2, 0) is 23.0 Å². The molecule has 4 rings (SSSR count). The van der Waals surface area contributed by atoms with Gasteiger partial charge in [-0.05, 0) is 70.5 Å². The van der Waals surface area contributed by atoms with Gasteiger partial charge in [0.15, 0.2) is 0 Å². The van der Waals surface area contributed by atoms with E-state index in [4.69, 9.17) is 14.6 Å². The Morgan fingerprint density at radius 1 is 0.900 bits per heavy atom. The van der Waals surface area contributed by atoms with Crippen LogP contribution in [-0.4, -0.2) is 56.7 Å². The van der Waals surface area contributed by atoms with Gasteiger partial charge in [-0.15, -0.1) is 22.0 Å². The molecule has 4 aromatic rings. The van der Waals surface area contributed by atoms with Crippen molar-refractivity contribution in [3.8, 4) is 22.9 Å². The lowest BCUT2D eigenvalue weighted by Crippen LogP contribution is -2.20. The number of nitrogens with zero attached hydrogens (tertiary/aromatic N) is 4. The topological polar surface area (TPSA) is 122 Å². The summed E-state index contributed by atoms with van der Waals surface area (Å²) in [4.78, 5) is 2.09. The lowest BCUT2D eigenvalue weighted by molar-refractivity contribution is 0.414. The molecule has 0 amide bonds. The van der Waals surface area contributed by atoms with Crippen LogP contribution in [0.5, 0.6) is 11.5 Å². The van der Waals surface area contributed by atoms with Gasteiger partial charge >= 0.3 is 0 Å². The van der Waals surface area contributed by atoms with Crippen molar-refractivity contribution in [3.63, 3.8) is 0 Å². The number of primary sulfonamides is 1. The van der Waals surface area contributed by atoms with Crippen LogP contribution >= 0.6 is 11.8 Å². The zero-order valence-corrected chi connectivity index (χ0v) is 26.1. The van der Waals surface area contributed by atoms with E-state index in [-0.39, 0.29) is 10.7 Å². The third kappa shape index (κ3) is 7.72. The number of thioether (sulfide) groups is 1. The van der Waals surface area contributed by atoms with Crippen molar-refractivity contribution in [1.29, 1.82) is 0 Å². The molecule has 2 N–H and O–H groups in total. The number of methoxy groups -OCH3 is 2. The number of aromatic nitrogens is 4. The monoisotopic (exact) mass is 597 g/mol. The largest absolute Gasteiger partial charge is 0.497 e. The first-order chi connectivity index (χ1) is 19.0. The molecule has 1 aromatic heterocycles. The predicted octanol–water partition coefficient (Wildman–Crippen LogP) is 5.07. The minimum atomic E-state index is -4.12. The first-order valence-corrected chi connectivity index (χ1v) is 19.1. The van der Waals surface area contributed by atoms with Crippen LogP contribution < -0.4 is 14.6 Å². The Morgan fingerprint density at radius 2 is 1.50 bits per heavy atom. The maximum absolute atomic E-state index is 13.1. The maximum Gasteiger partial charge on any atom is 0.239 e. The molecular weight excluding hydrogens is 563 g/mol. The summed E-state index contributed by atoms with van der Waals surface area (Å²) in [6.45, 7) is 7.24. The maximum atomic E-state index is 13.1. The van der Waals surface area contributed by atoms with E-state index in [0.717, 1.165) is 40.0 Å². The Hall–Kier alpha value is -3.19. The number of sulfonamides is 1. The summed E-state index contributed by atoms with van der Waals surface area (Å²) in [6.07, 6.45) is 0.453. The van der Waals surface area contributed by atoms with Crippen molar-refractivity contribution < 1.29 is 17.9 Å². The molecule has 0 unspecified atom stereocenters.